The number of likely N-dealkylation sites (tertiary alicyclic amines) is 1. The summed E-state index contributed by atoms with van der Waals surface area (Å²) in [7, 11) is 0. The number of anilines is 2. The van der Waals surface area contributed by atoms with Crippen molar-refractivity contribution in [3.8, 4) is 0 Å². The van der Waals surface area contributed by atoms with Gasteiger partial charge in [-0.15, -0.1) is 0 Å². The predicted octanol–water partition coefficient (Wildman–Crippen LogP) is 3.91. The van der Waals surface area contributed by atoms with Gasteiger partial charge >= 0.3 is 0 Å². The minimum atomic E-state index is 0.0283. The van der Waals surface area contributed by atoms with Gasteiger partial charge in [0.1, 0.15) is 5.82 Å². The Labute approximate surface area is 248 Å². The molecular weight excluding hydrogens is 584 g/mol. The number of benzene rings is 1. The van der Waals surface area contributed by atoms with Crippen molar-refractivity contribution in [3.05, 3.63) is 52.4 Å². The van der Waals surface area contributed by atoms with Crippen molar-refractivity contribution in [3.63, 3.8) is 0 Å². The zero-order chi connectivity index (χ0) is 28.7. The lowest BCUT2D eigenvalue weighted by Crippen LogP contribution is -2.54. The second kappa shape index (κ2) is 11.4. The third-order valence-electron chi connectivity index (χ3n) is 7.84. The molecule has 3 aromatic heterocycles. The fraction of sp³-hybridized carbons (Fsp3) is 0.483. The van der Waals surface area contributed by atoms with Gasteiger partial charge in [-0.25, -0.2) is 4.98 Å². The number of fused-ring (bicyclic) bond motifs is 2. The molecule has 0 spiro atoms. The second-order valence-electron chi connectivity index (χ2n) is 11.4. The molecule has 2 aliphatic rings. The summed E-state index contributed by atoms with van der Waals surface area (Å²) in [6.45, 7) is 14.6. The van der Waals surface area contributed by atoms with E-state index < -0.39 is 0 Å². The number of carbonyl (C=O) groups excluding carboxylic acids is 1. The molecule has 0 aliphatic carbocycles. The van der Waals surface area contributed by atoms with E-state index in [1.54, 1.807) is 10.7 Å². The summed E-state index contributed by atoms with van der Waals surface area (Å²) in [5.41, 5.74) is 4.25. The molecule has 1 aromatic carbocycles. The van der Waals surface area contributed by atoms with Crippen LogP contribution in [0.2, 0.25) is 0 Å². The van der Waals surface area contributed by atoms with Gasteiger partial charge in [-0.2, -0.15) is 19.6 Å². The molecular formula is C29H37BrN10O. The van der Waals surface area contributed by atoms with Crippen LogP contribution in [0, 0.1) is 6.92 Å². The van der Waals surface area contributed by atoms with Crippen LogP contribution < -0.4 is 15.5 Å². The van der Waals surface area contributed by atoms with E-state index in [0.717, 1.165) is 65.9 Å². The van der Waals surface area contributed by atoms with Crippen LogP contribution in [-0.4, -0.2) is 78.2 Å². The number of nitrogens with zero attached hydrogens (tertiary/aromatic N) is 8. The second-order valence-corrected chi connectivity index (χ2v) is 12.2. The van der Waals surface area contributed by atoms with Crippen molar-refractivity contribution in [2.24, 2.45) is 0 Å². The van der Waals surface area contributed by atoms with Gasteiger partial charge in [0, 0.05) is 43.8 Å². The SMILES string of the molecule is C=C(Cn1c(CNc2nc(N3CC(C)NC(C)C3)nc3c(Br)cnn23)nc2cc(C)ccc21)C(=O)N1CCCCC1. The Kier molecular flexibility index (Phi) is 7.69. The Balaban J connectivity index is 1.31. The van der Waals surface area contributed by atoms with E-state index in [0.29, 0.717) is 48.3 Å². The van der Waals surface area contributed by atoms with Gasteiger partial charge in [-0.1, -0.05) is 12.6 Å². The summed E-state index contributed by atoms with van der Waals surface area (Å²) in [5, 5.41) is 11.6. The minimum Gasteiger partial charge on any atom is -0.347 e. The zero-order valence-corrected chi connectivity index (χ0v) is 25.5. The molecule has 1 amide bonds. The standard InChI is InChI=1S/C29H37BrN10O/c1-18-8-9-24-23(12-18)34-25(39(24)15-19(2)27(41)37-10-6-5-7-11-37)14-31-28-36-29(35-26-22(30)13-32-40(26)28)38-16-20(3)33-21(4)17-38/h8-9,12-13,20-21,33H,2,5-7,10-11,14-17H2,1,3-4H3,(H,31,35,36). The minimum absolute atomic E-state index is 0.0283. The number of rotatable bonds is 7. The fourth-order valence-electron chi connectivity index (χ4n) is 5.92. The highest BCUT2D eigenvalue weighted by Crippen LogP contribution is 2.25. The van der Waals surface area contributed by atoms with Crippen LogP contribution in [0.25, 0.3) is 16.7 Å². The molecule has 216 valence electrons. The maximum atomic E-state index is 13.2. The van der Waals surface area contributed by atoms with Gasteiger partial charge in [-0.05, 0) is 73.7 Å². The number of carbonyl (C=O) groups is 1. The van der Waals surface area contributed by atoms with Crippen LogP contribution in [0.4, 0.5) is 11.9 Å². The van der Waals surface area contributed by atoms with E-state index in [1.165, 1.54) is 6.42 Å². The number of piperidine rings is 1. The maximum absolute atomic E-state index is 13.2. The first-order valence-electron chi connectivity index (χ1n) is 14.4. The lowest BCUT2D eigenvalue weighted by molar-refractivity contribution is -0.128. The van der Waals surface area contributed by atoms with Gasteiger partial charge in [0.25, 0.3) is 5.91 Å². The molecule has 2 saturated heterocycles. The van der Waals surface area contributed by atoms with E-state index in [1.807, 2.05) is 4.90 Å². The summed E-state index contributed by atoms with van der Waals surface area (Å²) < 4.78 is 4.60. The average Bonchev–Trinajstić information content (AvgIpc) is 3.50. The molecule has 5 heterocycles. The molecule has 11 nitrogen and oxygen atoms in total. The number of aryl methyl sites for hydroxylation is 1. The lowest BCUT2D eigenvalue weighted by atomic mass is 10.1. The van der Waals surface area contributed by atoms with Gasteiger partial charge in [0.2, 0.25) is 11.9 Å². The first-order valence-corrected chi connectivity index (χ1v) is 15.1. The van der Waals surface area contributed by atoms with Crippen LogP contribution >= 0.6 is 15.9 Å². The number of nitrogens with one attached hydrogen (secondary N) is 2. The van der Waals surface area contributed by atoms with Gasteiger partial charge in [-0.3, -0.25) is 4.79 Å². The Bertz CT molecular complexity index is 1590. The largest absolute Gasteiger partial charge is 0.347 e. The van der Waals surface area contributed by atoms with Crippen LogP contribution in [-0.2, 0) is 17.9 Å². The van der Waals surface area contributed by atoms with Gasteiger partial charge < -0.3 is 25.0 Å². The molecule has 2 N–H and O–H groups in total. The first kappa shape index (κ1) is 27.6. The smallest absolute Gasteiger partial charge is 0.250 e. The molecule has 4 aromatic rings. The summed E-state index contributed by atoms with van der Waals surface area (Å²) >= 11 is 3.60. The van der Waals surface area contributed by atoms with E-state index in [9.17, 15) is 4.79 Å². The Morgan fingerprint density at radius 1 is 1.12 bits per heavy atom. The quantitative estimate of drug-likeness (QED) is 0.299. The molecule has 2 fully saturated rings. The van der Waals surface area contributed by atoms with Crippen molar-refractivity contribution in [1.29, 1.82) is 0 Å². The molecule has 2 unspecified atom stereocenters. The summed E-state index contributed by atoms with van der Waals surface area (Å²) in [6, 6.07) is 6.87. The van der Waals surface area contributed by atoms with Gasteiger partial charge in [0.15, 0.2) is 5.65 Å². The molecule has 2 aliphatic heterocycles. The molecule has 41 heavy (non-hydrogen) atoms. The maximum Gasteiger partial charge on any atom is 0.250 e. The number of imidazole rings is 1. The normalized spacial score (nSPS) is 19.7. The molecule has 6 rings (SSSR count). The Hall–Kier alpha value is -3.51. The van der Waals surface area contributed by atoms with E-state index in [2.05, 4.69) is 86.7 Å². The highest BCUT2D eigenvalue weighted by molar-refractivity contribution is 9.10. The van der Waals surface area contributed by atoms with Crippen LogP contribution in [0.5, 0.6) is 0 Å². The highest BCUT2D eigenvalue weighted by Gasteiger charge is 2.25. The van der Waals surface area contributed by atoms with Crippen molar-refractivity contribution in [2.45, 2.75) is 65.2 Å². The molecule has 0 radical (unpaired) electrons. The molecule has 2 atom stereocenters. The molecule has 0 saturated carbocycles. The summed E-state index contributed by atoms with van der Waals surface area (Å²) in [6.07, 6.45) is 5.00. The topological polar surface area (TPSA) is 109 Å². The zero-order valence-electron chi connectivity index (χ0n) is 23.9. The summed E-state index contributed by atoms with van der Waals surface area (Å²) in [5.74, 6) is 2.06. The predicted molar refractivity (Wildman–Crippen MR) is 164 cm³/mol. The molecule has 12 heteroatoms. The number of halogens is 1. The first-order chi connectivity index (χ1) is 19.8. The number of piperazine rings is 1. The third-order valence-corrected chi connectivity index (χ3v) is 8.40. The fourth-order valence-corrected chi connectivity index (χ4v) is 6.27. The molecule has 0 bridgehead atoms. The number of hydrogen-bond acceptors (Lipinski definition) is 8. The number of aromatic nitrogens is 6. The van der Waals surface area contributed by atoms with E-state index >= 15 is 0 Å². The third kappa shape index (κ3) is 5.67. The van der Waals surface area contributed by atoms with E-state index in [-0.39, 0.29) is 5.91 Å². The Morgan fingerprint density at radius 2 is 1.88 bits per heavy atom. The number of amides is 1. The Morgan fingerprint density at radius 3 is 2.63 bits per heavy atom. The van der Waals surface area contributed by atoms with Crippen molar-refractivity contribution >= 4 is 50.4 Å². The summed E-state index contributed by atoms with van der Waals surface area (Å²) in [4.78, 5) is 32.1. The van der Waals surface area contributed by atoms with Gasteiger partial charge in [0.05, 0.1) is 34.8 Å². The van der Waals surface area contributed by atoms with Crippen molar-refractivity contribution in [2.75, 3.05) is 36.4 Å². The van der Waals surface area contributed by atoms with Crippen LogP contribution in [0.1, 0.15) is 44.5 Å². The number of hydrogen-bond donors (Lipinski definition) is 2. The van der Waals surface area contributed by atoms with Crippen molar-refractivity contribution in [1.82, 2.24) is 39.3 Å². The lowest BCUT2D eigenvalue weighted by Gasteiger charge is -2.36. The van der Waals surface area contributed by atoms with Crippen LogP contribution in [0.3, 0.4) is 0 Å². The van der Waals surface area contributed by atoms with Crippen LogP contribution in [0.15, 0.2) is 41.0 Å². The average molecular weight is 622 g/mol. The monoisotopic (exact) mass is 620 g/mol. The highest BCUT2D eigenvalue weighted by atomic mass is 79.9. The van der Waals surface area contributed by atoms with Crippen molar-refractivity contribution < 1.29 is 4.79 Å². The van der Waals surface area contributed by atoms with E-state index in [4.69, 9.17) is 15.0 Å².